The van der Waals surface area contributed by atoms with Gasteiger partial charge in [0.05, 0.1) is 6.54 Å². The van der Waals surface area contributed by atoms with Crippen LogP contribution in [0.3, 0.4) is 0 Å². The maximum Gasteiger partial charge on any atom is 0.251 e. The normalized spacial score (nSPS) is 11.9. The van der Waals surface area contributed by atoms with Crippen LogP contribution in [-0.4, -0.2) is 17.4 Å². The average molecular weight is 338 g/mol. The molecule has 0 atom stereocenters. The summed E-state index contributed by atoms with van der Waals surface area (Å²) in [6.07, 6.45) is 0. The van der Waals surface area contributed by atoms with Gasteiger partial charge in [0.2, 0.25) is 0 Å². The number of aryl methyl sites for hydroxylation is 1. The van der Waals surface area contributed by atoms with E-state index in [2.05, 4.69) is 15.6 Å². The zero-order valence-electron chi connectivity index (χ0n) is 15.3. The summed E-state index contributed by atoms with van der Waals surface area (Å²) in [6.45, 7) is 8.29. The fourth-order valence-electron chi connectivity index (χ4n) is 2.31. The zero-order valence-corrected chi connectivity index (χ0v) is 15.3. The van der Waals surface area contributed by atoms with Crippen LogP contribution in [0.25, 0.3) is 0 Å². The molecule has 0 bridgehead atoms. The van der Waals surface area contributed by atoms with Crippen molar-refractivity contribution in [1.82, 2.24) is 5.32 Å². The quantitative estimate of drug-likeness (QED) is 0.590. The fourth-order valence-corrected chi connectivity index (χ4v) is 2.31. The molecule has 5 heteroatoms. The van der Waals surface area contributed by atoms with E-state index in [9.17, 15) is 4.79 Å². The van der Waals surface area contributed by atoms with E-state index in [0.717, 1.165) is 16.8 Å². The molecule has 1 amide bonds. The van der Waals surface area contributed by atoms with E-state index in [1.54, 1.807) is 6.07 Å². The Morgan fingerprint density at radius 1 is 1.12 bits per heavy atom. The van der Waals surface area contributed by atoms with Gasteiger partial charge < -0.3 is 16.4 Å². The number of aliphatic imine (C=N–C) groups is 1. The lowest BCUT2D eigenvalue weighted by Crippen LogP contribution is -2.40. The van der Waals surface area contributed by atoms with Crippen molar-refractivity contribution in [3.8, 4) is 0 Å². The van der Waals surface area contributed by atoms with Gasteiger partial charge in [-0.2, -0.15) is 0 Å². The van der Waals surface area contributed by atoms with Crippen LogP contribution >= 0.6 is 0 Å². The number of carbonyl (C=O) groups is 1. The van der Waals surface area contributed by atoms with Gasteiger partial charge in [0, 0.05) is 16.8 Å². The van der Waals surface area contributed by atoms with Crippen molar-refractivity contribution in [3.05, 3.63) is 65.2 Å². The Labute approximate surface area is 149 Å². The first kappa shape index (κ1) is 18.5. The maximum atomic E-state index is 12.2. The molecular formula is C20H26N4O. The van der Waals surface area contributed by atoms with E-state index in [1.807, 2.05) is 70.2 Å². The van der Waals surface area contributed by atoms with Crippen molar-refractivity contribution in [2.24, 2.45) is 10.7 Å². The zero-order chi connectivity index (χ0) is 18.4. The largest absolute Gasteiger partial charge is 0.370 e. The monoisotopic (exact) mass is 338 g/mol. The molecule has 0 saturated carbocycles. The lowest BCUT2D eigenvalue weighted by molar-refractivity contribution is 0.0919. The minimum atomic E-state index is -0.270. The second kappa shape index (κ2) is 7.83. The highest BCUT2D eigenvalue weighted by Crippen LogP contribution is 2.11. The van der Waals surface area contributed by atoms with Gasteiger partial charge in [-0.15, -0.1) is 0 Å². The number of amides is 1. The first-order chi connectivity index (χ1) is 11.7. The molecule has 2 aromatic carbocycles. The van der Waals surface area contributed by atoms with Gasteiger partial charge in [0.15, 0.2) is 5.96 Å². The second-order valence-electron chi connectivity index (χ2n) is 7.10. The molecular weight excluding hydrogens is 312 g/mol. The van der Waals surface area contributed by atoms with Crippen molar-refractivity contribution in [1.29, 1.82) is 0 Å². The molecule has 0 fully saturated rings. The molecule has 0 saturated heterocycles. The molecule has 2 rings (SSSR count). The Bertz CT molecular complexity index is 775. The summed E-state index contributed by atoms with van der Waals surface area (Å²) < 4.78 is 0. The number of nitrogens with two attached hydrogens (primary N) is 1. The first-order valence-corrected chi connectivity index (χ1v) is 8.28. The summed E-state index contributed by atoms with van der Waals surface area (Å²) in [5.41, 5.74) is 9.27. The molecule has 0 aromatic heterocycles. The van der Waals surface area contributed by atoms with Gasteiger partial charge in [0.25, 0.3) is 5.91 Å². The molecule has 4 N–H and O–H groups in total. The van der Waals surface area contributed by atoms with Gasteiger partial charge in [-0.1, -0.05) is 24.3 Å². The van der Waals surface area contributed by atoms with Crippen LogP contribution in [0.15, 0.2) is 53.5 Å². The Morgan fingerprint density at radius 3 is 2.52 bits per heavy atom. The van der Waals surface area contributed by atoms with Crippen molar-refractivity contribution in [3.63, 3.8) is 0 Å². The number of hydrogen-bond donors (Lipinski definition) is 3. The molecule has 0 aliphatic heterocycles. The predicted molar refractivity (Wildman–Crippen MR) is 104 cm³/mol. The van der Waals surface area contributed by atoms with Crippen LogP contribution in [-0.2, 0) is 6.54 Å². The highest BCUT2D eigenvalue weighted by Gasteiger charge is 2.15. The molecule has 0 aliphatic rings. The number of rotatable bonds is 4. The number of guanidine groups is 1. The average Bonchev–Trinajstić information content (AvgIpc) is 2.52. The predicted octanol–water partition coefficient (Wildman–Crippen LogP) is 3.45. The molecule has 2 aromatic rings. The van der Waals surface area contributed by atoms with E-state index in [4.69, 9.17) is 5.73 Å². The number of hydrogen-bond acceptors (Lipinski definition) is 2. The van der Waals surface area contributed by atoms with E-state index < -0.39 is 0 Å². The third kappa shape index (κ3) is 6.30. The first-order valence-electron chi connectivity index (χ1n) is 8.28. The highest BCUT2D eigenvalue weighted by molar-refractivity contribution is 5.95. The Balaban J connectivity index is 2.02. The summed E-state index contributed by atoms with van der Waals surface area (Å²) in [5, 5.41) is 6.02. The molecule has 5 nitrogen and oxygen atoms in total. The Morgan fingerprint density at radius 2 is 1.84 bits per heavy atom. The lowest BCUT2D eigenvalue weighted by atomic mass is 10.1. The molecule has 0 aliphatic carbocycles. The minimum absolute atomic E-state index is 0.0933. The summed E-state index contributed by atoms with van der Waals surface area (Å²) in [6, 6.07) is 15.3. The van der Waals surface area contributed by atoms with Crippen LogP contribution in [0.4, 0.5) is 5.69 Å². The molecule has 132 valence electrons. The highest BCUT2D eigenvalue weighted by atomic mass is 16.1. The van der Waals surface area contributed by atoms with Crippen LogP contribution in [0, 0.1) is 6.92 Å². The van der Waals surface area contributed by atoms with Crippen LogP contribution in [0.2, 0.25) is 0 Å². The Hall–Kier alpha value is -2.82. The van der Waals surface area contributed by atoms with Crippen LogP contribution in [0.1, 0.15) is 42.3 Å². The summed E-state index contributed by atoms with van der Waals surface area (Å²) in [7, 11) is 0. The van der Waals surface area contributed by atoms with Crippen molar-refractivity contribution < 1.29 is 4.79 Å². The SMILES string of the molecule is Cc1cccc(NC(N)=NCc2cccc(C(=O)NC(C)(C)C)c2)c1. The van der Waals surface area contributed by atoms with E-state index in [0.29, 0.717) is 18.1 Å². The number of benzene rings is 2. The number of anilines is 1. The lowest BCUT2D eigenvalue weighted by Gasteiger charge is -2.20. The third-order valence-corrected chi connectivity index (χ3v) is 3.40. The standard InChI is InChI=1S/C20H26N4O/c1-14-7-5-10-17(11-14)23-19(21)22-13-15-8-6-9-16(12-15)18(25)24-20(2,3)4/h5-12H,13H2,1-4H3,(H,24,25)(H3,21,22,23). The molecule has 0 heterocycles. The maximum absolute atomic E-state index is 12.2. The van der Waals surface area contributed by atoms with Crippen molar-refractivity contribution >= 4 is 17.6 Å². The van der Waals surface area contributed by atoms with Gasteiger partial charge in [-0.3, -0.25) is 4.79 Å². The van der Waals surface area contributed by atoms with Crippen LogP contribution < -0.4 is 16.4 Å². The second-order valence-corrected chi connectivity index (χ2v) is 7.10. The van der Waals surface area contributed by atoms with Gasteiger partial charge in [0.1, 0.15) is 0 Å². The third-order valence-electron chi connectivity index (χ3n) is 3.40. The topological polar surface area (TPSA) is 79.5 Å². The smallest absolute Gasteiger partial charge is 0.251 e. The van der Waals surface area contributed by atoms with Gasteiger partial charge in [-0.25, -0.2) is 4.99 Å². The molecule has 0 unspecified atom stereocenters. The van der Waals surface area contributed by atoms with Gasteiger partial charge >= 0.3 is 0 Å². The fraction of sp³-hybridized carbons (Fsp3) is 0.300. The summed E-state index contributed by atoms with van der Waals surface area (Å²) >= 11 is 0. The summed E-state index contributed by atoms with van der Waals surface area (Å²) in [5.74, 6) is 0.249. The number of carbonyl (C=O) groups excluding carboxylic acids is 1. The summed E-state index contributed by atoms with van der Waals surface area (Å²) in [4.78, 5) is 16.6. The van der Waals surface area contributed by atoms with E-state index in [-0.39, 0.29) is 11.4 Å². The van der Waals surface area contributed by atoms with Crippen LogP contribution in [0.5, 0.6) is 0 Å². The minimum Gasteiger partial charge on any atom is -0.370 e. The Kier molecular flexibility index (Phi) is 5.80. The van der Waals surface area contributed by atoms with E-state index >= 15 is 0 Å². The molecule has 0 radical (unpaired) electrons. The van der Waals surface area contributed by atoms with Crippen molar-refractivity contribution in [2.75, 3.05) is 5.32 Å². The van der Waals surface area contributed by atoms with Crippen molar-refractivity contribution in [2.45, 2.75) is 39.8 Å². The molecule has 25 heavy (non-hydrogen) atoms. The number of nitrogens with one attached hydrogen (secondary N) is 2. The van der Waals surface area contributed by atoms with Gasteiger partial charge in [-0.05, 0) is 63.1 Å². The molecule has 0 spiro atoms. The van der Waals surface area contributed by atoms with E-state index in [1.165, 1.54) is 0 Å². The number of nitrogens with zero attached hydrogens (tertiary/aromatic N) is 1.